The van der Waals surface area contributed by atoms with E-state index in [-0.39, 0.29) is 16.6 Å². The molecule has 2 amide bonds. The number of nitro groups is 1. The minimum Gasteiger partial charge on any atom is -0.479 e. The maximum atomic E-state index is 12.8. The van der Waals surface area contributed by atoms with E-state index in [0.29, 0.717) is 34.3 Å². The molecule has 2 N–H and O–H groups in total. The van der Waals surface area contributed by atoms with Crippen LogP contribution in [0.15, 0.2) is 64.1 Å². The number of carbonyl (C=O) groups excluding carboxylic acids is 2. The molecule has 0 radical (unpaired) electrons. The number of ether oxygens (including phenoxy) is 1. The highest BCUT2D eigenvalue weighted by Gasteiger charge is 2.25. The van der Waals surface area contributed by atoms with Gasteiger partial charge >= 0.3 is 0 Å². The minimum absolute atomic E-state index is 0.0254. The summed E-state index contributed by atoms with van der Waals surface area (Å²) in [6.45, 7) is 5.39. The van der Waals surface area contributed by atoms with E-state index in [2.05, 4.69) is 15.8 Å². The predicted molar refractivity (Wildman–Crippen MR) is 144 cm³/mol. The monoisotopic (exact) mass is 560 g/mol. The van der Waals surface area contributed by atoms with E-state index < -0.39 is 28.9 Å². The standard InChI is InChI=1S/C26H26Cl2N4O6/c1-15(2)12-22(30-25(33)16(3)37-24-10-6-18(27)13-21(24)28)26(34)31-29-14-20-9-11-23(38-20)17-4-7-19(8-5-17)32(35)36/h4-11,13-16,22H,12H2,1-3H3,(H,30,33)(H,31,34)/b29-14-/t16-,22+/m1/s1. The molecule has 3 aromatic rings. The summed E-state index contributed by atoms with van der Waals surface area (Å²) in [6.07, 6.45) is 0.752. The SMILES string of the molecule is CC(C)C[C@H](NC(=O)[C@@H](C)Oc1ccc(Cl)cc1Cl)C(=O)N/N=C\c1ccc(-c2ccc([N+](=O)[O-])cc2)o1. The number of nitrogens with one attached hydrogen (secondary N) is 2. The molecule has 0 fully saturated rings. The molecule has 0 spiro atoms. The molecule has 38 heavy (non-hydrogen) atoms. The van der Waals surface area contributed by atoms with Gasteiger partial charge in [0.2, 0.25) is 0 Å². The zero-order chi connectivity index (χ0) is 27.8. The van der Waals surface area contributed by atoms with Crippen molar-refractivity contribution in [3.8, 4) is 17.1 Å². The molecule has 0 bridgehead atoms. The van der Waals surface area contributed by atoms with E-state index in [1.807, 2.05) is 13.8 Å². The van der Waals surface area contributed by atoms with Crippen LogP contribution in [0, 0.1) is 16.0 Å². The zero-order valence-corrected chi connectivity index (χ0v) is 22.3. The summed E-state index contributed by atoms with van der Waals surface area (Å²) >= 11 is 12.0. The Labute approximate surface area is 229 Å². The Bertz CT molecular complexity index is 1320. The highest BCUT2D eigenvalue weighted by atomic mass is 35.5. The largest absolute Gasteiger partial charge is 0.479 e. The van der Waals surface area contributed by atoms with Crippen molar-refractivity contribution in [2.75, 3.05) is 0 Å². The molecule has 0 saturated carbocycles. The van der Waals surface area contributed by atoms with E-state index >= 15 is 0 Å². The van der Waals surface area contributed by atoms with Gasteiger partial charge in [-0.2, -0.15) is 5.10 Å². The molecule has 0 unspecified atom stereocenters. The number of hydrogen-bond acceptors (Lipinski definition) is 7. The van der Waals surface area contributed by atoms with Crippen molar-refractivity contribution in [1.29, 1.82) is 0 Å². The summed E-state index contributed by atoms with van der Waals surface area (Å²) in [6, 6.07) is 13.0. The Balaban J connectivity index is 1.60. The van der Waals surface area contributed by atoms with Crippen molar-refractivity contribution < 1.29 is 23.7 Å². The van der Waals surface area contributed by atoms with Gasteiger partial charge in [0.25, 0.3) is 17.5 Å². The molecule has 12 heteroatoms. The maximum Gasteiger partial charge on any atom is 0.269 e. The second-order valence-electron chi connectivity index (χ2n) is 8.77. The van der Waals surface area contributed by atoms with Crippen LogP contribution >= 0.6 is 23.2 Å². The number of carbonyl (C=O) groups is 2. The van der Waals surface area contributed by atoms with Crippen molar-refractivity contribution in [3.63, 3.8) is 0 Å². The molecule has 0 aliphatic heterocycles. The molecule has 3 rings (SSSR count). The number of rotatable bonds is 11. The minimum atomic E-state index is -0.930. The Hall–Kier alpha value is -3.89. The number of hydrogen-bond donors (Lipinski definition) is 2. The van der Waals surface area contributed by atoms with E-state index in [4.69, 9.17) is 32.4 Å². The fraction of sp³-hybridized carbons (Fsp3) is 0.269. The van der Waals surface area contributed by atoms with Crippen LogP contribution in [-0.4, -0.2) is 35.1 Å². The Kier molecular flexibility index (Phi) is 9.86. The summed E-state index contributed by atoms with van der Waals surface area (Å²) < 4.78 is 11.3. The van der Waals surface area contributed by atoms with Crippen molar-refractivity contribution in [3.05, 3.63) is 80.5 Å². The van der Waals surface area contributed by atoms with Crippen LogP contribution in [-0.2, 0) is 9.59 Å². The third kappa shape index (κ3) is 8.06. The molecule has 1 aromatic heterocycles. The summed E-state index contributed by atoms with van der Waals surface area (Å²) in [5.41, 5.74) is 3.04. The first kappa shape index (κ1) is 28.7. The van der Waals surface area contributed by atoms with E-state index in [0.717, 1.165) is 0 Å². The number of benzene rings is 2. The van der Waals surface area contributed by atoms with Gasteiger partial charge < -0.3 is 14.5 Å². The fourth-order valence-electron chi connectivity index (χ4n) is 3.37. The van der Waals surface area contributed by atoms with Gasteiger partial charge in [-0.25, -0.2) is 5.43 Å². The summed E-state index contributed by atoms with van der Waals surface area (Å²) in [4.78, 5) is 35.9. The predicted octanol–water partition coefficient (Wildman–Crippen LogP) is 5.61. The van der Waals surface area contributed by atoms with Crippen LogP contribution in [0.5, 0.6) is 5.75 Å². The smallest absolute Gasteiger partial charge is 0.269 e. The van der Waals surface area contributed by atoms with E-state index in [1.54, 1.807) is 43.3 Å². The Morgan fingerprint density at radius 1 is 1.08 bits per heavy atom. The van der Waals surface area contributed by atoms with E-state index in [1.165, 1.54) is 24.4 Å². The molecule has 0 saturated heterocycles. The number of furan rings is 1. The van der Waals surface area contributed by atoms with Gasteiger partial charge in [0.15, 0.2) is 6.10 Å². The number of halogens is 2. The fourth-order valence-corrected chi connectivity index (χ4v) is 3.82. The Morgan fingerprint density at radius 3 is 2.42 bits per heavy atom. The van der Waals surface area contributed by atoms with Gasteiger partial charge in [0, 0.05) is 22.7 Å². The highest BCUT2D eigenvalue weighted by molar-refractivity contribution is 6.35. The lowest BCUT2D eigenvalue weighted by atomic mass is 10.0. The van der Waals surface area contributed by atoms with Gasteiger partial charge in [0.05, 0.1) is 16.2 Å². The van der Waals surface area contributed by atoms with E-state index in [9.17, 15) is 19.7 Å². The molecule has 2 aromatic carbocycles. The average Bonchev–Trinajstić information content (AvgIpc) is 3.33. The van der Waals surface area contributed by atoms with Crippen LogP contribution in [0.25, 0.3) is 11.3 Å². The van der Waals surface area contributed by atoms with Gasteiger partial charge in [-0.1, -0.05) is 37.0 Å². The molecule has 0 aliphatic rings. The zero-order valence-electron chi connectivity index (χ0n) is 20.8. The van der Waals surface area contributed by atoms with Gasteiger partial charge in [0.1, 0.15) is 23.3 Å². The normalized spacial score (nSPS) is 12.8. The summed E-state index contributed by atoms with van der Waals surface area (Å²) in [5, 5.41) is 18.1. The third-order valence-electron chi connectivity index (χ3n) is 5.26. The first-order valence-corrected chi connectivity index (χ1v) is 12.4. The second-order valence-corrected chi connectivity index (χ2v) is 9.61. The highest BCUT2D eigenvalue weighted by Crippen LogP contribution is 2.28. The molecule has 200 valence electrons. The molecule has 1 heterocycles. The second kappa shape index (κ2) is 13.1. The topological polar surface area (TPSA) is 136 Å². The lowest BCUT2D eigenvalue weighted by Crippen LogP contribution is -2.49. The molecular weight excluding hydrogens is 535 g/mol. The number of nitro benzene ring substituents is 1. The lowest BCUT2D eigenvalue weighted by molar-refractivity contribution is -0.384. The van der Waals surface area contributed by atoms with Gasteiger partial charge in [-0.15, -0.1) is 0 Å². The Morgan fingerprint density at radius 2 is 1.79 bits per heavy atom. The third-order valence-corrected chi connectivity index (χ3v) is 5.79. The number of nitrogens with zero attached hydrogens (tertiary/aromatic N) is 2. The van der Waals surface area contributed by atoms with Crippen LogP contribution in [0.3, 0.4) is 0 Å². The van der Waals surface area contributed by atoms with Crippen molar-refractivity contribution in [1.82, 2.24) is 10.7 Å². The quantitative estimate of drug-likeness (QED) is 0.177. The molecule has 2 atom stereocenters. The first-order chi connectivity index (χ1) is 18.0. The van der Waals surface area contributed by atoms with Crippen LogP contribution in [0.1, 0.15) is 33.0 Å². The van der Waals surface area contributed by atoms with Gasteiger partial charge in [-0.3, -0.25) is 19.7 Å². The summed E-state index contributed by atoms with van der Waals surface area (Å²) in [5.74, 6) is 0.213. The molecule has 0 aliphatic carbocycles. The van der Waals surface area contributed by atoms with Gasteiger partial charge in [-0.05, 0) is 61.7 Å². The summed E-state index contributed by atoms with van der Waals surface area (Å²) in [7, 11) is 0. The lowest BCUT2D eigenvalue weighted by Gasteiger charge is -2.22. The van der Waals surface area contributed by atoms with Crippen molar-refractivity contribution in [2.45, 2.75) is 39.3 Å². The first-order valence-electron chi connectivity index (χ1n) is 11.6. The van der Waals surface area contributed by atoms with Crippen LogP contribution in [0.4, 0.5) is 5.69 Å². The molecule has 10 nitrogen and oxygen atoms in total. The van der Waals surface area contributed by atoms with Crippen LogP contribution in [0.2, 0.25) is 10.0 Å². The van der Waals surface area contributed by atoms with Crippen LogP contribution < -0.4 is 15.5 Å². The average molecular weight is 561 g/mol. The van der Waals surface area contributed by atoms with Crippen molar-refractivity contribution >= 4 is 46.9 Å². The number of amides is 2. The van der Waals surface area contributed by atoms with Crippen molar-refractivity contribution in [2.24, 2.45) is 11.0 Å². The number of hydrazone groups is 1. The molecular formula is C26H26Cl2N4O6. The number of non-ortho nitro benzene ring substituents is 1. The maximum absolute atomic E-state index is 12.8.